The van der Waals surface area contributed by atoms with E-state index in [0.717, 1.165) is 13.1 Å². The molecule has 0 radical (unpaired) electrons. The molecule has 1 saturated heterocycles. The van der Waals surface area contributed by atoms with Crippen LogP contribution in [0.15, 0.2) is 24.3 Å². The van der Waals surface area contributed by atoms with Crippen LogP contribution in [0.2, 0.25) is 0 Å². The van der Waals surface area contributed by atoms with Gasteiger partial charge < -0.3 is 10.6 Å². The second kappa shape index (κ2) is 4.06. The molecular weight excluding hydrogens is 234 g/mol. The van der Waals surface area contributed by atoms with E-state index < -0.39 is 4.92 Å². The van der Waals surface area contributed by atoms with E-state index >= 15 is 0 Å². The summed E-state index contributed by atoms with van der Waals surface area (Å²) in [6.07, 6.45) is 0. The van der Waals surface area contributed by atoms with Crippen LogP contribution >= 0.6 is 0 Å². The zero-order valence-electron chi connectivity index (χ0n) is 9.63. The van der Waals surface area contributed by atoms with E-state index in [1.165, 1.54) is 12.1 Å². The van der Waals surface area contributed by atoms with Crippen LogP contribution < -0.4 is 10.6 Å². The molecule has 2 fully saturated rings. The van der Waals surface area contributed by atoms with E-state index in [9.17, 15) is 14.9 Å². The number of carbonyl (C=O) groups excluding carboxylic acids is 1. The van der Waals surface area contributed by atoms with E-state index in [1.807, 2.05) is 0 Å². The number of fused-ring (bicyclic) bond motifs is 1. The molecule has 1 aromatic carbocycles. The molecule has 2 unspecified atom stereocenters. The Hall–Kier alpha value is -1.95. The van der Waals surface area contributed by atoms with Crippen LogP contribution in [-0.2, 0) is 0 Å². The van der Waals surface area contributed by atoms with Crippen molar-refractivity contribution in [3.05, 3.63) is 39.9 Å². The molecule has 1 heterocycles. The predicted molar refractivity (Wildman–Crippen MR) is 64.2 cm³/mol. The van der Waals surface area contributed by atoms with Crippen molar-refractivity contribution in [1.29, 1.82) is 0 Å². The number of nitrogens with zero attached hydrogens (tertiary/aromatic N) is 1. The largest absolute Gasteiger partial charge is 0.348 e. The molecule has 3 rings (SSSR count). The molecule has 1 amide bonds. The summed E-state index contributed by atoms with van der Waals surface area (Å²) in [6, 6.07) is 6.22. The predicted octanol–water partition coefficient (Wildman–Crippen LogP) is 0.542. The van der Waals surface area contributed by atoms with E-state index in [0.29, 0.717) is 11.8 Å². The molecule has 1 aromatic rings. The lowest BCUT2D eigenvalue weighted by atomic mass is 10.1. The molecule has 18 heavy (non-hydrogen) atoms. The smallest absolute Gasteiger partial charge is 0.282 e. The number of hydrogen-bond acceptors (Lipinski definition) is 4. The van der Waals surface area contributed by atoms with Crippen molar-refractivity contribution in [2.45, 2.75) is 6.04 Å². The molecular formula is C12H13N3O3. The molecule has 1 aliphatic carbocycles. The normalized spacial score (nSPS) is 28.6. The van der Waals surface area contributed by atoms with Crippen LogP contribution in [0.4, 0.5) is 5.69 Å². The molecule has 0 bridgehead atoms. The molecule has 2 aliphatic rings. The summed E-state index contributed by atoms with van der Waals surface area (Å²) in [5.41, 5.74) is -0.000586. The van der Waals surface area contributed by atoms with Crippen molar-refractivity contribution < 1.29 is 9.72 Å². The number of benzene rings is 1. The van der Waals surface area contributed by atoms with Crippen LogP contribution in [0.1, 0.15) is 10.4 Å². The first-order chi connectivity index (χ1) is 8.68. The van der Waals surface area contributed by atoms with Crippen LogP contribution in [0, 0.1) is 22.0 Å². The third kappa shape index (κ3) is 1.74. The molecule has 1 saturated carbocycles. The lowest BCUT2D eigenvalue weighted by Crippen LogP contribution is -2.32. The second-order valence-electron chi connectivity index (χ2n) is 4.76. The molecule has 6 heteroatoms. The Morgan fingerprint density at radius 3 is 2.67 bits per heavy atom. The molecule has 94 valence electrons. The maximum Gasteiger partial charge on any atom is 0.282 e. The van der Waals surface area contributed by atoms with Gasteiger partial charge in [0.25, 0.3) is 11.6 Å². The van der Waals surface area contributed by atoms with Crippen LogP contribution in [0.5, 0.6) is 0 Å². The first-order valence-corrected chi connectivity index (χ1v) is 5.93. The maximum absolute atomic E-state index is 12.0. The van der Waals surface area contributed by atoms with Gasteiger partial charge in [0.1, 0.15) is 5.56 Å². The third-order valence-corrected chi connectivity index (χ3v) is 3.73. The van der Waals surface area contributed by atoms with Crippen molar-refractivity contribution >= 4 is 11.6 Å². The number of amides is 1. The Bertz CT molecular complexity index is 507. The first kappa shape index (κ1) is 11.2. The Morgan fingerprint density at radius 2 is 2.00 bits per heavy atom. The van der Waals surface area contributed by atoms with Crippen LogP contribution in [-0.4, -0.2) is 30.0 Å². The number of nitro groups is 1. The SMILES string of the molecule is O=C(NC1C2CNCC21)c1ccccc1[N+](=O)[O-]. The maximum atomic E-state index is 12.0. The van der Waals surface area contributed by atoms with Crippen molar-refractivity contribution in [3.63, 3.8) is 0 Å². The van der Waals surface area contributed by atoms with Gasteiger partial charge in [-0.1, -0.05) is 12.1 Å². The number of rotatable bonds is 3. The van der Waals surface area contributed by atoms with Gasteiger partial charge in [0.2, 0.25) is 0 Å². The lowest BCUT2D eigenvalue weighted by molar-refractivity contribution is -0.385. The van der Waals surface area contributed by atoms with E-state index in [-0.39, 0.29) is 23.2 Å². The zero-order valence-corrected chi connectivity index (χ0v) is 9.63. The van der Waals surface area contributed by atoms with E-state index in [4.69, 9.17) is 0 Å². The van der Waals surface area contributed by atoms with Crippen molar-refractivity contribution in [1.82, 2.24) is 10.6 Å². The number of nitro benzene ring substituents is 1. The van der Waals surface area contributed by atoms with Crippen molar-refractivity contribution in [2.75, 3.05) is 13.1 Å². The van der Waals surface area contributed by atoms with Gasteiger partial charge in [-0.2, -0.15) is 0 Å². The highest BCUT2D eigenvalue weighted by atomic mass is 16.6. The summed E-state index contributed by atoms with van der Waals surface area (Å²) < 4.78 is 0. The number of piperidine rings is 1. The van der Waals surface area contributed by atoms with Gasteiger partial charge in [-0.25, -0.2) is 0 Å². The standard InChI is InChI=1S/C12H13N3O3/c16-12(14-11-8-5-13-6-9(8)11)7-3-1-2-4-10(7)15(17)18/h1-4,8-9,11,13H,5-6H2,(H,14,16). The summed E-state index contributed by atoms with van der Waals surface area (Å²) in [6.45, 7) is 1.85. The Morgan fingerprint density at radius 1 is 1.33 bits per heavy atom. The minimum atomic E-state index is -0.524. The molecule has 6 nitrogen and oxygen atoms in total. The zero-order chi connectivity index (χ0) is 12.7. The van der Waals surface area contributed by atoms with Crippen LogP contribution in [0.3, 0.4) is 0 Å². The minimum absolute atomic E-state index is 0.139. The fourth-order valence-electron chi connectivity index (χ4n) is 2.69. The van der Waals surface area contributed by atoms with Crippen LogP contribution in [0.25, 0.3) is 0 Å². The summed E-state index contributed by atoms with van der Waals surface area (Å²) in [5.74, 6) is 0.648. The molecule has 2 N–H and O–H groups in total. The van der Waals surface area contributed by atoms with Crippen molar-refractivity contribution in [3.8, 4) is 0 Å². The highest BCUT2D eigenvalue weighted by Gasteiger charge is 2.53. The van der Waals surface area contributed by atoms with E-state index in [2.05, 4.69) is 10.6 Å². The monoisotopic (exact) mass is 247 g/mol. The number of nitrogens with one attached hydrogen (secondary N) is 2. The number of carbonyl (C=O) groups is 1. The van der Waals surface area contributed by atoms with Gasteiger partial charge in [0.15, 0.2) is 0 Å². The average molecular weight is 247 g/mol. The summed E-state index contributed by atoms with van der Waals surface area (Å²) in [7, 11) is 0. The fourth-order valence-corrected chi connectivity index (χ4v) is 2.69. The fraction of sp³-hybridized carbons (Fsp3) is 0.417. The van der Waals surface area contributed by atoms with Gasteiger partial charge in [-0.3, -0.25) is 14.9 Å². The van der Waals surface area contributed by atoms with Gasteiger partial charge in [-0.05, 0) is 17.9 Å². The van der Waals surface area contributed by atoms with Crippen molar-refractivity contribution in [2.24, 2.45) is 11.8 Å². The molecule has 0 spiro atoms. The molecule has 2 atom stereocenters. The Labute approximate surface area is 104 Å². The lowest BCUT2D eigenvalue weighted by Gasteiger charge is -2.07. The second-order valence-corrected chi connectivity index (χ2v) is 4.76. The number of para-hydroxylation sites is 1. The summed E-state index contributed by atoms with van der Waals surface area (Å²) in [5, 5.41) is 17.0. The minimum Gasteiger partial charge on any atom is -0.348 e. The molecule has 0 aromatic heterocycles. The highest BCUT2D eigenvalue weighted by Crippen LogP contribution is 2.41. The topological polar surface area (TPSA) is 84.3 Å². The first-order valence-electron chi connectivity index (χ1n) is 5.93. The Balaban J connectivity index is 1.74. The van der Waals surface area contributed by atoms with E-state index in [1.54, 1.807) is 12.1 Å². The third-order valence-electron chi connectivity index (χ3n) is 3.73. The average Bonchev–Trinajstić information content (AvgIpc) is 2.81. The van der Waals surface area contributed by atoms with Gasteiger partial charge in [0.05, 0.1) is 4.92 Å². The van der Waals surface area contributed by atoms with Gasteiger partial charge in [0, 0.05) is 25.2 Å². The van der Waals surface area contributed by atoms with Gasteiger partial charge in [-0.15, -0.1) is 0 Å². The summed E-state index contributed by atoms with van der Waals surface area (Å²) >= 11 is 0. The quantitative estimate of drug-likeness (QED) is 0.603. The summed E-state index contributed by atoms with van der Waals surface area (Å²) in [4.78, 5) is 22.3. The Kier molecular flexibility index (Phi) is 2.52. The number of hydrogen-bond donors (Lipinski definition) is 2. The molecule has 1 aliphatic heterocycles. The highest BCUT2D eigenvalue weighted by molar-refractivity contribution is 5.98. The van der Waals surface area contributed by atoms with Gasteiger partial charge >= 0.3 is 0 Å².